The number of nitrogens with one attached hydrogen (secondary N) is 1. The Morgan fingerprint density at radius 3 is 3.00 bits per heavy atom. The molecule has 0 fully saturated rings. The average Bonchev–Trinajstić information content (AvgIpc) is 3.18. The minimum Gasteiger partial charge on any atom is -0.296 e. The number of carbonyl (C=O) groups is 1. The maximum absolute atomic E-state index is 12.2. The summed E-state index contributed by atoms with van der Waals surface area (Å²) in [6, 6.07) is 5.40. The summed E-state index contributed by atoms with van der Waals surface area (Å²) in [4.78, 5) is 16.3. The van der Waals surface area contributed by atoms with Crippen LogP contribution in [0.1, 0.15) is 10.4 Å². The zero-order chi connectivity index (χ0) is 14.7. The van der Waals surface area contributed by atoms with Crippen LogP contribution in [0.2, 0.25) is 0 Å². The lowest BCUT2D eigenvalue weighted by Crippen LogP contribution is -2.11. The van der Waals surface area contributed by atoms with Gasteiger partial charge in [-0.3, -0.25) is 10.1 Å². The lowest BCUT2D eigenvalue weighted by atomic mass is 10.2. The van der Waals surface area contributed by atoms with Crippen molar-refractivity contribution in [1.82, 2.24) is 15.2 Å². The molecular weight excluding hydrogens is 324 g/mol. The maximum Gasteiger partial charge on any atom is 0.257 e. The number of thioether (sulfide) groups is 1. The first-order valence-corrected chi connectivity index (χ1v) is 8.92. The van der Waals surface area contributed by atoms with Crippen LogP contribution in [0.15, 0.2) is 40.2 Å². The Hall–Kier alpha value is -1.77. The Bertz CT molecular complexity index is 754. The van der Waals surface area contributed by atoms with Crippen LogP contribution in [0.25, 0.3) is 10.6 Å². The van der Waals surface area contributed by atoms with Gasteiger partial charge in [0.2, 0.25) is 5.13 Å². The van der Waals surface area contributed by atoms with Gasteiger partial charge in [-0.25, -0.2) is 4.98 Å². The van der Waals surface area contributed by atoms with Crippen molar-refractivity contribution in [3.05, 3.63) is 40.7 Å². The Balaban J connectivity index is 1.75. The third kappa shape index (κ3) is 3.29. The number of aromatic nitrogens is 3. The molecule has 0 aliphatic rings. The minimum absolute atomic E-state index is 0.208. The van der Waals surface area contributed by atoms with Crippen molar-refractivity contribution in [2.75, 3.05) is 11.6 Å². The maximum atomic E-state index is 12.2. The molecule has 0 unspecified atom stereocenters. The van der Waals surface area contributed by atoms with Gasteiger partial charge in [0, 0.05) is 22.7 Å². The molecule has 3 heterocycles. The summed E-state index contributed by atoms with van der Waals surface area (Å²) in [6.45, 7) is 0. The monoisotopic (exact) mass is 334 g/mol. The fourth-order valence-corrected chi connectivity index (χ4v) is 3.47. The van der Waals surface area contributed by atoms with E-state index in [0.717, 1.165) is 15.6 Å². The van der Waals surface area contributed by atoms with E-state index in [1.165, 1.54) is 23.1 Å². The number of rotatable bonds is 4. The fourth-order valence-electron chi connectivity index (χ4n) is 1.61. The molecule has 0 radical (unpaired) electrons. The largest absolute Gasteiger partial charge is 0.296 e. The number of pyridine rings is 1. The number of hydrogen-bond donors (Lipinski definition) is 1. The van der Waals surface area contributed by atoms with E-state index in [4.69, 9.17) is 0 Å². The highest BCUT2D eigenvalue weighted by Crippen LogP contribution is 2.28. The molecule has 0 spiro atoms. The van der Waals surface area contributed by atoms with E-state index in [9.17, 15) is 4.79 Å². The number of hydrogen-bond acceptors (Lipinski definition) is 7. The van der Waals surface area contributed by atoms with Gasteiger partial charge in [-0.05, 0) is 29.8 Å². The molecule has 0 saturated heterocycles. The normalized spacial score (nSPS) is 10.5. The SMILES string of the molecule is CSc1cc(C(=O)Nc2nnc(-c3ccsc3)s2)ccn1. The second kappa shape index (κ2) is 6.33. The van der Waals surface area contributed by atoms with Crippen LogP contribution in [-0.2, 0) is 0 Å². The molecule has 8 heteroatoms. The Kier molecular flexibility index (Phi) is 4.28. The first-order chi connectivity index (χ1) is 10.3. The summed E-state index contributed by atoms with van der Waals surface area (Å²) in [5.74, 6) is -0.208. The number of carbonyl (C=O) groups excluding carboxylic acids is 1. The quantitative estimate of drug-likeness (QED) is 0.738. The third-order valence-electron chi connectivity index (χ3n) is 2.62. The van der Waals surface area contributed by atoms with Gasteiger partial charge in [0.05, 0.1) is 5.03 Å². The van der Waals surface area contributed by atoms with Gasteiger partial charge >= 0.3 is 0 Å². The zero-order valence-electron chi connectivity index (χ0n) is 10.9. The summed E-state index contributed by atoms with van der Waals surface area (Å²) in [7, 11) is 0. The zero-order valence-corrected chi connectivity index (χ0v) is 13.4. The lowest BCUT2D eigenvalue weighted by molar-refractivity contribution is 0.102. The van der Waals surface area contributed by atoms with Crippen LogP contribution in [-0.4, -0.2) is 27.3 Å². The van der Waals surface area contributed by atoms with Gasteiger partial charge < -0.3 is 0 Å². The van der Waals surface area contributed by atoms with E-state index in [0.29, 0.717) is 10.7 Å². The molecule has 0 saturated carbocycles. The van der Waals surface area contributed by atoms with Crippen LogP contribution in [0.3, 0.4) is 0 Å². The molecule has 3 rings (SSSR count). The van der Waals surface area contributed by atoms with Gasteiger partial charge in [0.1, 0.15) is 5.01 Å². The second-order valence-corrected chi connectivity index (χ2v) is 6.55. The highest BCUT2D eigenvalue weighted by atomic mass is 32.2. The van der Waals surface area contributed by atoms with Gasteiger partial charge in [0.25, 0.3) is 5.91 Å². The third-order valence-corrected chi connectivity index (χ3v) is 4.83. The predicted octanol–water partition coefficient (Wildman–Crippen LogP) is 3.64. The van der Waals surface area contributed by atoms with Gasteiger partial charge in [-0.1, -0.05) is 11.3 Å². The number of thiophene rings is 1. The van der Waals surface area contributed by atoms with Gasteiger partial charge in [-0.2, -0.15) is 11.3 Å². The molecule has 0 bridgehead atoms. The molecule has 3 aromatic rings. The Morgan fingerprint density at radius 2 is 2.24 bits per heavy atom. The molecule has 0 aromatic carbocycles. The summed E-state index contributed by atoms with van der Waals surface area (Å²) in [5.41, 5.74) is 1.58. The number of anilines is 1. The standard InChI is InChI=1S/C13H10N4OS3/c1-19-10-6-8(2-4-14-10)11(18)15-13-17-16-12(21-13)9-3-5-20-7-9/h2-7H,1H3,(H,15,17,18). The number of nitrogens with zero attached hydrogens (tertiary/aromatic N) is 3. The highest BCUT2D eigenvalue weighted by molar-refractivity contribution is 7.98. The molecule has 0 aliphatic carbocycles. The van der Waals surface area contributed by atoms with Crippen LogP contribution >= 0.6 is 34.4 Å². The number of amides is 1. The van der Waals surface area contributed by atoms with Crippen molar-refractivity contribution in [3.8, 4) is 10.6 Å². The Labute approximate surface area is 133 Å². The van der Waals surface area contributed by atoms with Crippen LogP contribution in [0, 0.1) is 0 Å². The van der Waals surface area contributed by atoms with Crippen LogP contribution < -0.4 is 5.32 Å². The van der Waals surface area contributed by atoms with Crippen molar-refractivity contribution >= 4 is 45.5 Å². The predicted molar refractivity (Wildman–Crippen MR) is 87.2 cm³/mol. The van der Waals surface area contributed by atoms with Gasteiger partial charge in [-0.15, -0.1) is 22.0 Å². The molecule has 0 aliphatic heterocycles. The van der Waals surface area contributed by atoms with E-state index in [1.54, 1.807) is 29.7 Å². The smallest absolute Gasteiger partial charge is 0.257 e. The molecule has 1 N–H and O–H groups in total. The average molecular weight is 334 g/mol. The second-order valence-electron chi connectivity index (χ2n) is 3.97. The Morgan fingerprint density at radius 1 is 1.33 bits per heavy atom. The lowest BCUT2D eigenvalue weighted by Gasteiger charge is -2.02. The molecule has 1 amide bonds. The molecule has 3 aromatic heterocycles. The minimum atomic E-state index is -0.208. The van der Waals surface area contributed by atoms with Crippen molar-refractivity contribution in [2.24, 2.45) is 0 Å². The van der Waals surface area contributed by atoms with Crippen molar-refractivity contribution in [2.45, 2.75) is 5.03 Å². The highest BCUT2D eigenvalue weighted by Gasteiger charge is 2.12. The summed E-state index contributed by atoms with van der Waals surface area (Å²) in [5, 5.41) is 16.9. The summed E-state index contributed by atoms with van der Waals surface area (Å²) >= 11 is 4.45. The molecule has 0 atom stereocenters. The fraction of sp³-hybridized carbons (Fsp3) is 0.0769. The van der Waals surface area contributed by atoms with Crippen LogP contribution in [0.4, 0.5) is 5.13 Å². The van der Waals surface area contributed by atoms with E-state index in [2.05, 4.69) is 20.5 Å². The van der Waals surface area contributed by atoms with Crippen molar-refractivity contribution in [3.63, 3.8) is 0 Å². The first kappa shape index (κ1) is 14.2. The first-order valence-electron chi connectivity index (χ1n) is 5.94. The van der Waals surface area contributed by atoms with Gasteiger partial charge in [0.15, 0.2) is 0 Å². The molecular formula is C13H10N4OS3. The molecule has 106 valence electrons. The van der Waals surface area contributed by atoms with Crippen LogP contribution in [0.5, 0.6) is 0 Å². The van der Waals surface area contributed by atoms with E-state index < -0.39 is 0 Å². The van der Waals surface area contributed by atoms with E-state index >= 15 is 0 Å². The van der Waals surface area contributed by atoms with Crippen molar-refractivity contribution < 1.29 is 4.79 Å². The summed E-state index contributed by atoms with van der Waals surface area (Å²) < 4.78 is 0. The van der Waals surface area contributed by atoms with E-state index in [1.807, 2.05) is 23.1 Å². The summed E-state index contributed by atoms with van der Waals surface area (Å²) in [6.07, 6.45) is 3.54. The molecule has 21 heavy (non-hydrogen) atoms. The van der Waals surface area contributed by atoms with E-state index in [-0.39, 0.29) is 5.91 Å². The molecule has 5 nitrogen and oxygen atoms in total. The topological polar surface area (TPSA) is 67.8 Å². The van der Waals surface area contributed by atoms with Crippen molar-refractivity contribution in [1.29, 1.82) is 0 Å².